The summed E-state index contributed by atoms with van der Waals surface area (Å²) >= 11 is 3.52. The number of ether oxygens (including phenoxy) is 2. The lowest BCUT2D eigenvalue weighted by Gasteiger charge is -2.36. The fourth-order valence-corrected chi connectivity index (χ4v) is 4.48. The van der Waals surface area contributed by atoms with E-state index in [9.17, 15) is 9.59 Å². The molecule has 7 heteroatoms. The number of amides is 3. The number of fused-ring (bicyclic) bond motifs is 1. The molecule has 0 unspecified atom stereocenters. The summed E-state index contributed by atoms with van der Waals surface area (Å²) < 4.78 is 12.0. The molecular formula is C18H21BrN2O4. The Labute approximate surface area is 155 Å². The van der Waals surface area contributed by atoms with Gasteiger partial charge in [0, 0.05) is 4.47 Å². The predicted molar refractivity (Wildman–Crippen MR) is 94.6 cm³/mol. The largest absolute Gasteiger partial charge is 0.486 e. The minimum Gasteiger partial charge on any atom is -0.486 e. The van der Waals surface area contributed by atoms with Crippen LogP contribution < -0.4 is 14.8 Å². The average molecular weight is 409 g/mol. The van der Waals surface area contributed by atoms with Gasteiger partial charge in [0.2, 0.25) is 0 Å². The zero-order chi connectivity index (χ0) is 17.6. The molecule has 134 valence electrons. The van der Waals surface area contributed by atoms with Crippen LogP contribution in [0.1, 0.15) is 38.2 Å². The molecule has 1 aromatic rings. The molecule has 3 amide bonds. The molecule has 1 saturated carbocycles. The summed E-state index contributed by atoms with van der Waals surface area (Å²) in [5, 5.41) is 2.99. The van der Waals surface area contributed by atoms with Crippen molar-refractivity contribution in [3.05, 3.63) is 22.2 Å². The van der Waals surface area contributed by atoms with E-state index in [1.807, 2.05) is 12.1 Å². The first-order valence-corrected chi connectivity index (χ1v) is 9.53. The van der Waals surface area contributed by atoms with E-state index >= 15 is 0 Å². The quantitative estimate of drug-likeness (QED) is 0.762. The van der Waals surface area contributed by atoms with E-state index in [2.05, 4.69) is 28.2 Å². The van der Waals surface area contributed by atoms with Gasteiger partial charge in [0.15, 0.2) is 11.5 Å². The van der Waals surface area contributed by atoms with Crippen molar-refractivity contribution in [1.29, 1.82) is 0 Å². The number of benzene rings is 1. The third kappa shape index (κ3) is 2.69. The van der Waals surface area contributed by atoms with Crippen LogP contribution in [0.15, 0.2) is 16.6 Å². The molecule has 1 spiro atoms. The monoisotopic (exact) mass is 408 g/mol. The van der Waals surface area contributed by atoms with Crippen molar-refractivity contribution in [3.8, 4) is 11.5 Å². The van der Waals surface area contributed by atoms with Gasteiger partial charge in [-0.2, -0.15) is 0 Å². The van der Waals surface area contributed by atoms with E-state index < -0.39 is 5.54 Å². The van der Waals surface area contributed by atoms with Crippen molar-refractivity contribution in [2.45, 2.75) is 44.7 Å². The number of hydrogen-bond donors (Lipinski definition) is 1. The van der Waals surface area contributed by atoms with Crippen molar-refractivity contribution in [3.63, 3.8) is 0 Å². The normalized spacial score (nSPS) is 28.4. The Morgan fingerprint density at radius 2 is 1.96 bits per heavy atom. The highest BCUT2D eigenvalue weighted by atomic mass is 79.9. The molecular weight excluding hydrogens is 388 g/mol. The SMILES string of the molecule is C[C@@H]1CCCC[C@]12NC(=O)N(Cc1cc3c(cc1Br)OCCO3)C2=O. The lowest BCUT2D eigenvalue weighted by Crippen LogP contribution is -2.53. The van der Waals surface area contributed by atoms with Gasteiger partial charge >= 0.3 is 6.03 Å². The average Bonchev–Trinajstić information content (AvgIpc) is 2.83. The number of hydrogen-bond acceptors (Lipinski definition) is 4. The summed E-state index contributed by atoms with van der Waals surface area (Å²) in [7, 11) is 0. The van der Waals surface area contributed by atoms with Crippen molar-refractivity contribution in [2.75, 3.05) is 13.2 Å². The topological polar surface area (TPSA) is 67.9 Å². The van der Waals surface area contributed by atoms with Gasteiger partial charge < -0.3 is 14.8 Å². The van der Waals surface area contributed by atoms with Gasteiger partial charge in [-0.1, -0.05) is 35.7 Å². The fraction of sp³-hybridized carbons (Fsp3) is 0.556. The molecule has 1 aliphatic carbocycles. The summed E-state index contributed by atoms with van der Waals surface area (Å²) in [4.78, 5) is 26.9. The molecule has 1 saturated heterocycles. The summed E-state index contributed by atoms with van der Waals surface area (Å²) in [6.45, 7) is 3.29. The first-order valence-electron chi connectivity index (χ1n) is 8.73. The van der Waals surface area contributed by atoms with Gasteiger partial charge in [0.1, 0.15) is 18.8 Å². The number of nitrogens with zero attached hydrogens (tertiary/aromatic N) is 1. The van der Waals surface area contributed by atoms with Crippen LogP contribution in [-0.2, 0) is 11.3 Å². The lowest BCUT2D eigenvalue weighted by molar-refractivity contribution is -0.134. The Morgan fingerprint density at radius 3 is 2.68 bits per heavy atom. The highest BCUT2D eigenvalue weighted by Gasteiger charge is 2.54. The van der Waals surface area contributed by atoms with Crippen LogP contribution in [0.2, 0.25) is 0 Å². The molecule has 25 heavy (non-hydrogen) atoms. The Morgan fingerprint density at radius 1 is 1.24 bits per heavy atom. The summed E-state index contributed by atoms with van der Waals surface area (Å²) in [5.74, 6) is 1.38. The van der Waals surface area contributed by atoms with Gasteiger partial charge in [0.25, 0.3) is 5.91 Å². The van der Waals surface area contributed by atoms with E-state index in [4.69, 9.17) is 9.47 Å². The van der Waals surface area contributed by atoms with E-state index in [-0.39, 0.29) is 24.4 Å². The molecule has 3 aliphatic rings. The highest BCUT2D eigenvalue weighted by Crippen LogP contribution is 2.40. The maximum absolute atomic E-state index is 13.1. The minimum atomic E-state index is -0.727. The molecule has 1 aromatic carbocycles. The Hall–Kier alpha value is -1.76. The predicted octanol–water partition coefficient (Wildman–Crippen LogP) is 3.22. The summed E-state index contributed by atoms with van der Waals surface area (Å²) in [5.41, 5.74) is 0.101. The number of halogens is 1. The molecule has 4 rings (SSSR count). The number of carbonyl (C=O) groups is 2. The molecule has 2 fully saturated rings. The third-order valence-electron chi connectivity index (χ3n) is 5.54. The molecule has 0 radical (unpaired) electrons. The molecule has 2 aliphatic heterocycles. The number of imide groups is 1. The second-order valence-corrected chi connectivity index (χ2v) is 7.88. The Balaban J connectivity index is 1.61. The van der Waals surface area contributed by atoms with Crippen LogP contribution in [0.25, 0.3) is 0 Å². The van der Waals surface area contributed by atoms with Gasteiger partial charge in [-0.3, -0.25) is 9.69 Å². The Bertz CT molecular complexity index is 738. The van der Waals surface area contributed by atoms with Gasteiger partial charge in [-0.25, -0.2) is 4.79 Å². The van der Waals surface area contributed by atoms with Crippen LogP contribution in [0.3, 0.4) is 0 Å². The third-order valence-corrected chi connectivity index (χ3v) is 6.28. The standard InChI is InChI=1S/C18H21BrN2O4/c1-11-4-2-3-5-18(11)16(22)21(17(23)20-18)10-12-8-14-15(9-13(12)19)25-7-6-24-14/h8-9,11H,2-7,10H2,1H3,(H,20,23)/t11-,18+/m1/s1. The van der Waals surface area contributed by atoms with Crippen molar-refractivity contribution >= 4 is 27.9 Å². The van der Waals surface area contributed by atoms with Crippen molar-refractivity contribution in [2.24, 2.45) is 5.92 Å². The molecule has 0 aromatic heterocycles. The molecule has 2 heterocycles. The van der Waals surface area contributed by atoms with Crippen molar-refractivity contribution in [1.82, 2.24) is 10.2 Å². The maximum Gasteiger partial charge on any atom is 0.325 e. The second kappa shape index (κ2) is 6.20. The molecule has 2 atom stereocenters. The fourth-order valence-electron chi connectivity index (χ4n) is 4.04. The minimum absolute atomic E-state index is 0.105. The second-order valence-electron chi connectivity index (χ2n) is 7.03. The molecule has 1 N–H and O–H groups in total. The van der Waals surface area contributed by atoms with Crippen LogP contribution in [-0.4, -0.2) is 35.6 Å². The van der Waals surface area contributed by atoms with Crippen LogP contribution >= 0.6 is 15.9 Å². The number of carbonyl (C=O) groups excluding carboxylic acids is 2. The molecule has 6 nitrogen and oxygen atoms in total. The number of urea groups is 1. The van der Waals surface area contributed by atoms with E-state index in [1.54, 1.807) is 0 Å². The smallest absolute Gasteiger partial charge is 0.325 e. The van der Waals surface area contributed by atoms with Gasteiger partial charge in [-0.05, 0) is 36.5 Å². The van der Waals surface area contributed by atoms with E-state index in [1.165, 1.54) is 4.90 Å². The highest BCUT2D eigenvalue weighted by molar-refractivity contribution is 9.10. The lowest BCUT2D eigenvalue weighted by atomic mass is 9.73. The van der Waals surface area contributed by atoms with Crippen LogP contribution in [0.4, 0.5) is 4.79 Å². The summed E-state index contributed by atoms with van der Waals surface area (Å²) in [6.07, 6.45) is 3.77. The first-order chi connectivity index (χ1) is 12.0. The first kappa shape index (κ1) is 16.7. The Kier molecular flexibility index (Phi) is 4.14. The van der Waals surface area contributed by atoms with Crippen LogP contribution in [0.5, 0.6) is 11.5 Å². The van der Waals surface area contributed by atoms with Crippen molar-refractivity contribution < 1.29 is 19.1 Å². The maximum atomic E-state index is 13.1. The zero-order valence-electron chi connectivity index (χ0n) is 14.1. The van der Waals surface area contributed by atoms with E-state index in [0.29, 0.717) is 24.7 Å². The van der Waals surface area contributed by atoms with Crippen LogP contribution in [0, 0.1) is 5.92 Å². The van der Waals surface area contributed by atoms with E-state index in [0.717, 1.165) is 35.7 Å². The zero-order valence-corrected chi connectivity index (χ0v) is 15.7. The summed E-state index contributed by atoms with van der Waals surface area (Å²) in [6, 6.07) is 3.37. The molecule has 0 bridgehead atoms. The van der Waals surface area contributed by atoms with Gasteiger partial charge in [0.05, 0.1) is 6.54 Å². The number of rotatable bonds is 2. The van der Waals surface area contributed by atoms with Gasteiger partial charge in [-0.15, -0.1) is 0 Å². The number of nitrogens with one attached hydrogen (secondary N) is 1.